The number of unbranched alkanes of at least 4 members (excludes halogenated alkanes) is 4. The van der Waals surface area contributed by atoms with E-state index in [0.717, 1.165) is 44.9 Å². The molecule has 7 N–H and O–H groups in total. The SMILES string of the molecule is CC/C=C/C=C/C=C/C=C/CCCCCC(=O)OC(COC(=O)CCC/C=C/C/C=C/C/C=C/CC)CO[C@@H]1O[C@H](CO[C@@H]2O[C@H](CO)[C@H](O)C(O)C2O)[C@H](O)C(O)C1O. The number of ether oxygens (including phenoxy) is 6. The Morgan fingerprint density at radius 1 is 0.550 bits per heavy atom. The Labute approximate surface area is 355 Å². The van der Waals surface area contributed by atoms with E-state index in [1.54, 1.807) is 0 Å². The lowest BCUT2D eigenvalue weighted by Crippen LogP contribution is -2.61. The van der Waals surface area contributed by atoms with Crippen LogP contribution < -0.4 is 0 Å². The topological polar surface area (TPSA) is 231 Å². The Kier molecular flexibility index (Phi) is 28.5. The Bertz CT molecular complexity index is 1370. The number of carbonyl (C=O) groups is 2. The third kappa shape index (κ3) is 21.5. The molecule has 0 aliphatic carbocycles. The molecule has 0 bridgehead atoms. The maximum absolute atomic E-state index is 12.9. The lowest BCUT2D eigenvalue weighted by atomic mass is 9.98. The van der Waals surface area contributed by atoms with Crippen LogP contribution in [0.5, 0.6) is 0 Å². The van der Waals surface area contributed by atoms with Crippen molar-refractivity contribution in [2.45, 2.75) is 158 Å². The van der Waals surface area contributed by atoms with Gasteiger partial charge in [-0.25, -0.2) is 0 Å². The first-order chi connectivity index (χ1) is 29.0. The van der Waals surface area contributed by atoms with E-state index >= 15 is 0 Å². The molecule has 0 saturated carbocycles. The van der Waals surface area contributed by atoms with Crippen LogP contribution in [0.3, 0.4) is 0 Å². The van der Waals surface area contributed by atoms with Crippen molar-refractivity contribution in [3.63, 3.8) is 0 Å². The summed E-state index contributed by atoms with van der Waals surface area (Å²) in [6, 6.07) is 0. The predicted molar refractivity (Wildman–Crippen MR) is 224 cm³/mol. The molecule has 2 aliphatic heterocycles. The van der Waals surface area contributed by atoms with E-state index in [9.17, 15) is 45.3 Å². The fourth-order valence-corrected chi connectivity index (χ4v) is 5.95. The Balaban J connectivity index is 1.93. The van der Waals surface area contributed by atoms with Gasteiger partial charge < -0.3 is 64.2 Å². The average molecular weight is 851 g/mol. The van der Waals surface area contributed by atoms with Gasteiger partial charge in [-0.05, 0) is 57.8 Å². The van der Waals surface area contributed by atoms with Crippen molar-refractivity contribution in [3.8, 4) is 0 Å². The first kappa shape index (κ1) is 52.8. The molecule has 15 heteroatoms. The predicted octanol–water partition coefficient (Wildman–Crippen LogP) is 3.70. The van der Waals surface area contributed by atoms with Crippen molar-refractivity contribution in [1.29, 1.82) is 0 Å². The van der Waals surface area contributed by atoms with Crippen LogP contribution in [0, 0.1) is 0 Å². The van der Waals surface area contributed by atoms with Gasteiger partial charge in [-0.2, -0.15) is 0 Å². The van der Waals surface area contributed by atoms with Gasteiger partial charge >= 0.3 is 11.9 Å². The molecule has 2 fully saturated rings. The molecule has 2 aliphatic rings. The molecule has 5 unspecified atom stereocenters. The fraction of sp³-hybridized carbons (Fsp3) is 0.644. The van der Waals surface area contributed by atoms with E-state index in [0.29, 0.717) is 19.3 Å². The van der Waals surface area contributed by atoms with Gasteiger partial charge in [0.1, 0.15) is 55.4 Å². The molecule has 0 amide bonds. The second-order valence-electron chi connectivity index (χ2n) is 14.5. The summed E-state index contributed by atoms with van der Waals surface area (Å²) in [6.45, 7) is 2.16. The first-order valence-corrected chi connectivity index (χ1v) is 21.2. The molecule has 0 spiro atoms. The van der Waals surface area contributed by atoms with E-state index in [-0.39, 0.29) is 19.4 Å². The molecule has 2 heterocycles. The third-order valence-electron chi connectivity index (χ3n) is 9.46. The summed E-state index contributed by atoms with van der Waals surface area (Å²) in [5.74, 6) is -1.05. The van der Waals surface area contributed by atoms with Crippen LogP contribution in [0.2, 0.25) is 0 Å². The van der Waals surface area contributed by atoms with Crippen LogP contribution in [0.15, 0.2) is 85.1 Å². The van der Waals surface area contributed by atoms with Gasteiger partial charge in [0.05, 0.1) is 19.8 Å². The summed E-state index contributed by atoms with van der Waals surface area (Å²) in [5.41, 5.74) is 0. The molecule has 15 nitrogen and oxygen atoms in total. The van der Waals surface area contributed by atoms with Crippen molar-refractivity contribution in [2.75, 3.05) is 26.4 Å². The minimum atomic E-state index is -1.78. The van der Waals surface area contributed by atoms with Crippen molar-refractivity contribution < 1.29 is 73.8 Å². The molecule has 11 atom stereocenters. The number of rotatable bonds is 29. The number of carbonyl (C=O) groups excluding carboxylic acids is 2. The van der Waals surface area contributed by atoms with Gasteiger partial charge in [-0.1, -0.05) is 105 Å². The van der Waals surface area contributed by atoms with Gasteiger partial charge in [0, 0.05) is 12.8 Å². The Morgan fingerprint density at radius 2 is 1.10 bits per heavy atom. The maximum Gasteiger partial charge on any atom is 0.306 e. The van der Waals surface area contributed by atoms with Crippen LogP contribution in [0.4, 0.5) is 0 Å². The number of allylic oxidation sites excluding steroid dienone is 14. The van der Waals surface area contributed by atoms with Crippen LogP contribution in [0.1, 0.15) is 90.9 Å². The molecule has 0 aromatic heterocycles. The lowest BCUT2D eigenvalue weighted by molar-refractivity contribution is -0.332. The number of hydrogen-bond acceptors (Lipinski definition) is 15. The number of aliphatic hydroxyl groups is 7. The average Bonchev–Trinajstić information content (AvgIpc) is 3.24. The number of esters is 2. The van der Waals surface area contributed by atoms with Crippen molar-refractivity contribution in [2.24, 2.45) is 0 Å². The fourth-order valence-electron chi connectivity index (χ4n) is 5.95. The summed E-state index contributed by atoms with van der Waals surface area (Å²) in [7, 11) is 0. The smallest absolute Gasteiger partial charge is 0.306 e. The normalized spacial score (nSPS) is 28.4. The molecule has 0 aromatic rings. The minimum Gasteiger partial charge on any atom is -0.462 e. The van der Waals surface area contributed by atoms with Gasteiger partial charge in [0.25, 0.3) is 0 Å². The largest absolute Gasteiger partial charge is 0.462 e. The highest BCUT2D eigenvalue weighted by Crippen LogP contribution is 2.26. The highest BCUT2D eigenvalue weighted by molar-refractivity contribution is 5.70. The summed E-state index contributed by atoms with van der Waals surface area (Å²) in [5, 5.41) is 71.7. The standard InChI is InChI=1S/C45H70O15/c1-3-5-7-9-11-13-15-16-18-20-22-24-26-28-37(48)58-33(30-55-36(47)27-25-23-21-19-17-14-12-10-8-6-4-2)31-56-44-43(54)41(52)39(50)35(60-44)32-57-45-42(53)40(51)38(49)34(29-46)59-45/h5-9,11-16,18-19,21,33-35,38-46,49-54H,3-4,10,17,20,22-32H2,1-2H3/b7-5+,8-6+,11-9+,14-12+,15-13+,18-16+,21-19+/t33?,34-,35-,38+,39+,40?,41?,42?,43?,44-,45-/m1/s1. The summed E-state index contributed by atoms with van der Waals surface area (Å²) >= 11 is 0. The van der Waals surface area contributed by atoms with Crippen molar-refractivity contribution >= 4 is 11.9 Å². The zero-order valence-corrected chi connectivity index (χ0v) is 35.1. The molecule has 60 heavy (non-hydrogen) atoms. The summed E-state index contributed by atoms with van der Waals surface area (Å²) in [4.78, 5) is 25.5. The Morgan fingerprint density at radius 3 is 1.77 bits per heavy atom. The van der Waals surface area contributed by atoms with Crippen molar-refractivity contribution in [3.05, 3.63) is 85.1 Å². The van der Waals surface area contributed by atoms with Gasteiger partial charge in [0.15, 0.2) is 18.7 Å². The van der Waals surface area contributed by atoms with E-state index < -0.39 is 99.3 Å². The first-order valence-electron chi connectivity index (χ1n) is 21.2. The monoisotopic (exact) mass is 850 g/mol. The maximum atomic E-state index is 12.9. The lowest BCUT2D eigenvalue weighted by Gasteiger charge is -2.42. The highest BCUT2D eigenvalue weighted by atomic mass is 16.7. The third-order valence-corrected chi connectivity index (χ3v) is 9.46. The summed E-state index contributed by atoms with van der Waals surface area (Å²) < 4.78 is 33.2. The zero-order chi connectivity index (χ0) is 44.0. The van der Waals surface area contributed by atoms with E-state index in [4.69, 9.17) is 28.4 Å². The molecule has 2 saturated heterocycles. The molecular formula is C45H70O15. The van der Waals surface area contributed by atoms with E-state index in [1.165, 1.54) is 0 Å². The van der Waals surface area contributed by atoms with Crippen LogP contribution in [-0.4, -0.2) is 142 Å². The van der Waals surface area contributed by atoms with Crippen LogP contribution >= 0.6 is 0 Å². The highest BCUT2D eigenvalue weighted by Gasteiger charge is 2.47. The van der Waals surface area contributed by atoms with Crippen LogP contribution in [-0.2, 0) is 38.0 Å². The molecule has 340 valence electrons. The van der Waals surface area contributed by atoms with E-state index in [2.05, 4.69) is 50.3 Å². The second-order valence-corrected chi connectivity index (χ2v) is 14.5. The van der Waals surface area contributed by atoms with E-state index in [1.807, 2.05) is 48.6 Å². The molecule has 2 rings (SSSR count). The summed E-state index contributed by atoms with van der Waals surface area (Å²) in [6.07, 6.45) is 19.4. The van der Waals surface area contributed by atoms with Gasteiger partial charge in [-0.15, -0.1) is 0 Å². The van der Waals surface area contributed by atoms with Crippen molar-refractivity contribution in [1.82, 2.24) is 0 Å². The minimum absolute atomic E-state index is 0.103. The quantitative estimate of drug-likeness (QED) is 0.0246. The number of aliphatic hydroxyl groups excluding tert-OH is 7. The molecule has 0 radical (unpaired) electrons. The van der Waals surface area contributed by atoms with Gasteiger partial charge in [0.2, 0.25) is 0 Å². The van der Waals surface area contributed by atoms with Crippen LogP contribution in [0.25, 0.3) is 0 Å². The second kappa shape index (κ2) is 32.4. The zero-order valence-electron chi connectivity index (χ0n) is 35.1. The Hall–Kier alpha value is -3.32. The molecule has 0 aromatic carbocycles. The molecular weight excluding hydrogens is 780 g/mol. The number of hydrogen-bond donors (Lipinski definition) is 7. The van der Waals surface area contributed by atoms with Gasteiger partial charge in [-0.3, -0.25) is 9.59 Å².